The molecule has 0 aliphatic carbocycles. The van der Waals surface area contributed by atoms with Crippen molar-refractivity contribution in [1.82, 2.24) is 0 Å². The van der Waals surface area contributed by atoms with Crippen molar-refractivity contribution < 1.29 is 36.9 Å². The SMILES string of the molecule is CCCCCCCC(=O)O.CCCCCCCC(=O)O.[Cu]. The fourth-order valence-electron chi connectivity index (χ4n) is 1.76. The quantitative estimate of drug-likeness (QED) is 0.389. The van der Waals surface area contributed by atoms with Crippen LogP contribution in [0.3, 0.4) is 0 Å². The van der Waals surface area contributed by atoms with E-state index in [1.807, 2.05) is 0 Å². The maximum Gasteiger partial charge on any atom is 0.303 e. The molecule has 0 aliphatic rings. The molecule has 0 aliphatic heterocycles. The van der Waals surface area contributed by atoms with Gasteiger partial charge in [0.15, 0.2) is 0 Å². The summed E-state index contributed by atoms with van der Waals surface area (Å²) in [5, 5.41) is 16.5. The molecule has 2 N–H and O–H groups in total. The molecule has 0 aromatic rings. The molecule has 5 heteroatoms. The second-order valence-corrected chi connectivity index (χ2v) is 5.12. The van der Waals surface area contributed by atoms with Crippen LogP contribution in [0.2, 0.25) is 0 Å². The Balaban J connectivity index is -0.000000295. The zero-order chi connectivity index (χ0) is 15.6. The van der Waals surface area contributed by atoms with Crippen LogP contribution in [0, 0.1) is 0 Å². The molecule has 0 bridgehead atoms. The van der Waals surface area contributed by atoms with E-state index >= 15 is 0 Å². The number of carboxylic acid groups (broad SMARTS) is 2. The molecule has 21 heavy (non-hydrogen) atoms. The van der Waals surface area contributed by atoms with Crippen LogP contribution in [0.15, 0.2) is 0 Å². The summed E-state index contributed by atoms with van der Waals surface area (Å²) in [6.45, 7) is 4.30. The van der Waals surface area contributed by atoms with E-state index in [1.54, 1.807) is 0 Å². The van der Waals surface area contributed by atoms with E-state index in [4.69, 9.17) is 10.2 Å². The van der Waals surface area contributed by atoms with Gasteiger partial charge in [0.1, 0.15) is 0 Å². The predicted molar refractivity (Wildman–Crippen MR) is 82.0 cm³/mol. The minimum atomic E-state index is -0.670. The van der Waals surface area contributed by atoms with Crippen LogP contribution in [-0.4, -0.2) is 22.2 Å². The first-order chi connectivity index (χ1) is 9.54. The molecule has 0 rings (SSSR count). The first kappa shape index (κ1) is 25.4. The molecular weight excluding hydrogens is 320 g/mol. The smallest absolute Gasteiger partial charge is 0.303 e. The minimum Gasteiger partial charge on any atom is -0.481 e. The molecule has 0 spiro atoms. The summed E-state index contributed by atoms with van der Waals surface area (Å²) in [5.41, 5.74) is 0. The number of carbonyl (C=O) groups is 2. The average Bonchev–Trinajstić information content (AvgIpc) is 2.38. The molecule has 0 fully saturated rings. The van der Waals surface area contributed by atoms with Gasteiger partial charge in [0.25, 0.3) is 0 Å². The van der Waals surface area contributed by atoms with E-state index in [0.717, 1.165) is 25.7 Å². The molecule has 0 aromatic carbocycles. The summed E-state index contributed by atoms with van der Waals surface area (Å²) in [6, 6.07) is 0. The van der Waals surface area contributed by atoms with Crippen LogP contribution in [-0.2, 0) is 26.7 Å². The van der Waals surface area contributed by atoms with E-state index in [9.17, 15) is 9.59 Å². The summed E-state index contributed by atoms with van der Waals surface area (Å²) in [7, 11) is 0. The topological polar surface area (TPSA) is 74.6 Å². The van der Waals surface area contributed by atoms with E-state index in [0.29, 0.717) is 12.8 Å². The van der Waals surface area contributed by atoms with Crippen molar-refractivity contribution >= 4 is 11.9 Å². The van der Waals surface area contributed by atoms with Gasteiger partial charge in [-0.3, -0.25) is 9.59 Å². The minimum absolute atomic E-state index is 0. The van der Waals surface area contributed by atoms with Crippen molar-refractivity contribution in [2.45, 2.75) is 90.9 Å². The van der Waals surface area contributed by atoms with E-state index in [2.05, 4.69) is 13.8 Å². The van der Waals surface area contributed by atoms with Crippen LogP contribution >= 0.6 is 0 Å². The van der Waals surface area contributed by atoms with Gasteiger partial charge in [-0.25, -0.2) is 0 Å². The van der Waals surface area contributed by atoms with Gasteiger partial charge in [0.2, 0.25) is 0 Å². The zero-order valence-corrected chi connectivity index (χ0v) is 14.4. The van der Waals surface area contributed by atoms with Crippen LogP contribution in [0.4, 0.5) is 0 Å². The number of hydrogen-bond donors (Lipinski definition) is 2. The van der Waals surface area contributed by atoms with Gasteiger partial charge in [-0.2, -0.15) is 0 Å². The second kappa shape index (κ2) is 21.8. The molecule has 0 saturated heterocycles. The summed E-state index contributed by atoms with van der Waals surface area (Å²) in [6.07, 6.45) is 11.8. The van der Waals surface area contributed by atoms with Gasteiger partial charge in [-0.05, 0) is 12.8 Å². The van der Waals surface area contributed by atoms with Gasteiger partial charge in [0.05, 0.1) is 0 Å². The van der Waals surface area contributed by atoms with Crippen molar-refractivity contribution in [3.05, 3.63) is 0 Å². The summed E-state index contributed by atoms with van der Waals surface area (Å²) < 4.78 is 0. The van der Waals surface area contributed by atoms with Crippen LogP contribution in [0.1, 0.15) is 90.9 Å². The molecule has 1 radical (unpaired) electrons. The first-order valence-corrected chi connectivity index (χ1v) is 7.98. The summed E-state index contributed by atoms with van der Waals surface area (Å²) in [4.78, 5) is 20.1. The number of carboxylic acids is 2. The van der Waals surface area contributed by atoms with Gasteiger partial charge < -0.3 is 10.2 Å². The average molecular weight is 352 g/mol. The number of unbranched alkanes of at least 4 members (excludes halogenated alkanes) is 8. The molecular formula is C16H32CuO4. The van der Waals surface area contributed by atoms with Gasteiger partial charge >= 0.3 is 11.9 Å². The van der Waals surface area contributed by atoms with E-state index < -0.39 is 11.9 Å². The van der Waals surface area contributed by atoms with Gasteiger partial charge in [-0.15, -0.1) is 0 Å². The number of aliphatic carboxylic acids is 2. The van der Waals surface area contributed by atoms with Crippen LogP contribution in [0.25, 0.3) is 0 Å². The van der Waals surface area contributed by atoms with Crippen molar-refractivity contribution in [1.29, 1.82) is 0 Å². The Morgan fingerprint density at radius 1 is 0.619 bits per heavy atom. The van der Waals surface area contributed by atoms with Crippen molar-refractivity contribution in [3.63, 3.8) is 0 Å². The predicted octanol–water partition coefficient (Wildman–Crippen LogP) is 4.86. The molecule has 0 heterocycles. The Morgan fingerprint density at radius 3 is 1.14 bits per heavy atom. The Hall–Kier alpha value is -0.541. The Bertz CT molecular complexity index is 208. The fourth-order valence-corrected chi connectivity index (χ4v) is 1.76. The second-order valence-electron chi connectivity index (χ2n) is 5.12. The third kappa shape index (κ3) is 32.7. The normalized spacial score (nSPS) is 9.24. The maximum absolute atomic E-state index is 10.0. The Labute approximate surface area is 140 Å². The Morgan fingerprint density at radius 2 is 0.905 bits per heavy atom. The summed E-state index contributed by atoms with van der Waals surface area (Å²) in [5.74, 6) is -1.34. The molecule has 0 unspecified atom stereocenters. The third-order valence-electron chi connectivity index (χ3n) is 2.99. The molecule has 4 nitrogen and oxygen atoms in total. The molecule has 0 aromatic heterocycles. The number of hydrogen-bond acceptors (Lipinski definition) is 2. The third-order valence-corrected chi connectivity index (χ3v) is 2.99. The number of rotatable bonds is 12. The monoisotopic (exact) mass is 351 g/mol. The maximum atomic E-state index is 10.0. The molecule has 0 atom stereocenters. The van der Waals surface area contributed by atoms with E-state index in [1.165, 1.54) is 38.5 Å². The Kier molecular flexibility index (Phi) is 26.3. The van der Waals surface area contributed by atoms with Crippen molar-refractivity contribution in [3.8, 4) is 0 Å². The van der Waals surface area contributed by atoms with Gasteiger partial charge in [0, 0.05) is 29.9 Å². The summed E-state index contributed by atoms with van der Waals surface area (Å²) >= 11 is 0. The van der Waals surface area contributed by atoms with Crippen LogP contribution in [0.5, 0.6) is 0 Å². The van der Waals surface area contributed by atoms with E-state index in [-0.39, 0.29) is 17.1 Å². The van der Waals surface area contributed by atoms with Gasteiger partial charge in [-0.1, -0.05) is 65.2 Å². The van der Waals surface area contributed by atoms with Crippen molar-refractivity contribution in [2.24, 2.45) is 0 Å². The molecule has 0 saturated carbocycles. The van der Waals surface area contributed by atoms with Crippen molar-refractivity contribution in [2.75, 3.05) is 0 Å². The first-order valence-electron chi connectivity index (χ1n) is 7.98. The molecule has 131 valence electrons. The largest absolute Gasteiger partial charge is 0.481 e. The van der Waals surface area contributed by atoms with Crippen LogP contribution < -0.4 is 0 Å². The fraction of sp³-hybridized carbons (Fsp3) is 0.875. The molecule has 0 amide bonds. The standard InChI is InChI=1S/2C8H16O2.Cu/c2*1-2-3-4-5-6-7-8(9)10;/h2*2-7H2,1H3,(H,9,10);. The zero-order valence-electron chi connectivity index (χ0n) is 13.5.